The molecule has 34 heavy (non-hydrogen) atoms. The summed E-state index contributed by atoms with van der Waals surface area (Å²) < 4.78 is 5.58. The molecule has 2 aliphatic carbocycles. The molecule has 1 unspecified atom stereocenters. The highest BCUT2D eigenvalue weighted by Gasteiger charge is 2.30. The number of amides is 2. The summed E-state index contributed by atoms with van der Waals surface area (Å²) in [5.74, 6) is -1.94. The van der Waals surface area contributed by atoms with E-state index in [-0.39, 0.29) is 43.4 Å². The molecule has 0 saturated carbocycles. The lowest BCUT2D eigenvalue weighted by Crippen LogP contribution is -2.41. The van der Waals surface area contributed by atoms with E-state index in [4.69, 9.17) is 9.84 Å². The molecule has 8 nitrogen and oxygen atoms in total. The van der Waals surface area contributed by atoms with Gasteiger partial charge >= 0.3 is 12.1 Å². The lowest BCUT2D eigenvalue weighted by Gasteiger charge is -2.25. The highest BCUT2D eigenvalue weighted by Crippen LogP contribution is 2.44. The third-order valence-corrected chi connectivity index (χ3v) is 6.35. The lowest BCUT2D eigenvalue weighted by molar-refractivity contribution is -0.147. The normalized spacial score (nSPS) is 19.6. The standard InChI is InChI=1S/C26H28N2O6/c29-23(25(31)32)12-13-27-24(30)16-6-5-7-17(14-16)28-26(33)34-15-22-20-10-3-1-8-18(20)19-9-2-4-11-21(19)22/h1-5,7-11,16-17,22-23,29H,6,12-15H2,(H,27,30)(H,28,33)(H,31,32)/t16-,17-,23?/m1/s1. The molecule has 2 aromatic carbocycles. The molecule has 4 rings (SSSR count). The largest absolute Gasteiger partial charge is 0.479 e. The summed E-state index contributed by atoms with van der Waals surface area (Å²) in [7, 11) is 0. The van der Waals surface area contributed by atoms with Crippen molar-refractivity contribution in [2.75, 3.05) is 13.2 Å². The number of carboxylic acids is 1. The van der Waals surface area contributed by atoms with Crippen LogP contribution < -0.4 is 10.6 Å². The molecule has 0 radical (unpaired) electrons. The van der Waals surface area contributed by atoms with Crippen LogP contribution in [0.15, 0.2) is 60.7 Å². The highest BCUT2D eigenvalue weighted by atomic mass is 16.5. The zero-order valence-corrected chi connectivity index (χ0v) is 18.6. The summed E-state index contributed by atoms with van der Waals surface area (Å²) in [6, 6.07) is 15.9. The molecule has 0 heterocycles. The number of rotatable bonds is 8. The van der Waals surface area contributed by atoms with E-state index in [0.717, 1.165) is 22.3 Å². The van der Waals surface area contributed by atoms with Crippen LogP contribution in [0.2, 0.25) is 0 Å². The van der Waals surface area contributed by atoms with Gasteiger partial charge in [-0.25, -0.2) is 9.59 Å². The van der Waals surface area contributed by atoms with Gasteiger partial charge in [-0.15, -0.1) is 0 Å². The summed E-state index contributed by atoms with van der Waals surface area (Å²) >= 11 is 0. The van der Waals surface area contributed by atoms with E-state index in [1.165, 1.54) is 0 Å². The maximum absolute atomic E-state index is 12.5. The number of fused-ring (bicyclic) bond motifs is 3. The molecular formula is C26H28N2O6. The Bertz CT molecular complexity index is 1050. The van der Waals surface area contributed by atoms with Gasteiger partial charge in [-0.3, -0.25) is 4.79 Å². The van der Waals surface area contributed by atoms with Gasteiger partial charge in [0.1, 0.15) is 6.61 Å². The first-order chi connectivity index (χ1) is 16.4. The van der Waals surface area contributed by atoms with Crippen molar-refractivity contribution in [3.8, 4) is 11.1 Å². The number of ether oxygens (including phenoxy) is 1. The van der Waals surface area contributed by atoms with Gasteiger partial charge in [-0.05, 0) is 35.1 Å². The summed E-state index contributed by atoms with van der Waals surface area (Å²) in [4.78, 5) is 35.6. The van der Waals surface area contributed by atoms with E-state index in [2.05, 4.69) is 34.9 Å². The molecule has 178 valence electrons. The van der Waals surface area contributed by atoms with Gasteiger partial charge in [0, 0.05) is 24.8 Å². The summed E-state index contributed by atoms with van der Waals surface area (Å²) in [6.45, 7) is 0.281. The van der Waals surface area contributed by atoms with Crippen LogP contribution >= 0.6 is 0 Å². The Morgan fingerprint density at radius 3 is 2.32 bits per heavy atom. The Labute approximate surface area is 197 Å². The minimum absolute atomic E-state index is 0.0280. The van der Waals surface area contributed by atoms with Gasteiger partial charge in [-0.2, -0.15) is 0 Å². The first-order valence-corrected chi connectivity index (χ1v) is 11.4. The first-order valence-electron chi connectivity index (χ1n) is 11.4. The summed E-state index contributed by atoms with van der Waals surface area (Å²) in [5.41, 5.74) is 4.59. The van der Waals surface area contributed by atoms with Gasteiger partial charge in [0.25, 0.3) is 0 Å². The van der Waals surface area contributed by atoms with E-state index in [9.17, 15) is 19.5 Å². The Morgan fingerprint density at radius 2 is 1.68 bits per heavy atom. The average molecular weight is 465 g/mol. The zero-order valence-electron chi connectivity index (χ0n) is 18.6. The van der Waals surface area contributed by atoms with Crippen LogP contribution in [0.5, 0.6) is 0 Å². The van der Waals surface area contributed by atoms with Crippen molar-refractivity contribution in [3.05, 3.63) is 71.8 Å². The molecule has 3 atom stereocenters. The van der Waals surface area contributed by atoms with E-state index >= 15 is 0 Å². The number of hydrogen-bond donors (Lipinski definition) is 4. The van der Waals surface area contributed by atoms with Crippen molar-refractivity contribution < 1.29 is 29.3 Å². The fourth-order valence-corrected chi connectivity index (χ4v) is 4.60. The van der Waals surface area contributed by atoms with Crippen molar-refractivity contribution in [1.29, 1.82) is 0 Å². The number of aliphatic carboxylic acids is 1. The van der Waals surface area contributed by atoms with Crippen LogP contribution in [0.3, 0.4) is 0 Å². The Balaban J connectivity index is 1.28. The number of nitrogens with one attached hydrogen (secondary N) is 2. The predicted molar refractivity (Wildman–Crippen MR) is 125 cm³/mol. The van der Waals surface area contributed by atoms with Gasteiger partial charge < -0.3 is 25.6 Å². The van der Waals surface area contributed by atoms with E-state index in [0.29, 0.717) is 12.8 Å². The Morgan fingerprint density at radius 1 is 1.03 bits per heavy atom. The molecule has 2 amide bonds. The van der Waals surface area contributed by atoms with Gasteiger partial charge in [0.15, 0.2) is 6.10 Å². The van der Waals surface area contributed by atoms with Gasteiger partial charge in [0.05, 0.1) is 6.04 Å². The number of allylic oxidation sites excluding steroid dienone is 1. The lowest BCUT2D eigenvalue weighted by atomic mass is 9.90. The van der Waals surface area contributed by atoms with Crippen LogP contribution in [0.1, 0.15) is 36.3 Å². The molecule has 4 N–H and O–H groups in total. The molecule has 0 aromatic heterocycles. The Hall–Kier alpha value is -3.65. The number of aliphatic hydroxyl groups excluding tert-OH is 1. The topological polar surface area (TPSA) is 125 Å². The molecule has 0 aliphatic heterocycles. The zero-order chi connectivity index (χ0) is 24.1. The van der Waals surface area contributed by atoms with Gasteiger partial charge in [0.2, 0.25) is 5.91 Å². The van der Waals surface area contributed by atoms with Crippen molar-refractivity contribution >= 4 is 18.0 Å². The second-order valence-corrected chi connectivity index (χ2v) is 8.61. The predicted octanol–water partition coefficient (Wildman–Crippen LogP) is 2.81. The van der Waals surface area contributed by atoms with Crippen molar-refractivity contribution in [1.82, 2.24) is 10.6 Å². The summed E-state index contributed by atoms with van der Waals surface area (Å²) in [5, 5.41) is 23.5. The molecule has 0 bridgehead atoms. The number of alkyl carbamates (subject to hydrolysis) is 1. The van der Waals surface area contributed by atoms with Crippen molar-refractivity contribution in [3.63, 3.8) is 0 Å². The van der Waals surface area contributed by atoms with Crippen molar-refractivity contribution in [2.24, 2.45) is 5.92 Å². The number of hydrogen-bond acceptors (Lipinski definition) is 5. The molecule has 8 heteroatoms. The molecule has 0 fully saturated rings. The third-order valence-electron chi connectivity index (χ3n) is 6.35. The third kappa shape index (κ3) is 5.28. The Kier molecular flexibility index (Phi) is 7.27. The van der Waals surface area contributed by atoms with E-state index < -0.39 is 18.2 Å². The van der Waals surface area contributed by atoms with Gasteiger partial charge in [-0.1, -0.05) is 60.7 Å². The molecule has 0 saturated heterocycles. The van der Waals surface area contributed by atoms with Crippen LogP contribution in [-0.2, 0) is 14.3 Å². The minimum atomic E-state index is -1.51. The number of carboxylic acid groups (broad SMARTS) is 1. The molecular weight excluding hydrogens is 436 g/mol. The first kappa shape index (κ1) is 23.5. The van der Waals surface area contributed by atoms with Crippen LogP contribution in [0, 0.1) is 5.92 Å². The quantitative estimate of drug-likeness (QED) is 0.445. The second kappa shape index (κ2) is 10.5. The molecule has 0 spiro atoms. The van der Waals surface area contributed by atoms with E-state index in [1.807, 2.05) is 36.4 Å². The maximum atomic E-state index is 12.5. The van der Waals surface area contributed by atoms with Crippen LogP contribution in [0.25, 0.3) is 11.1 Å². The van der Waals surface area contributed by atoms with Crippen molar-refractivity contribution in [2.45, 2.75) is 37.3 Å². The monoisotopic (exact) mass is 464 g/mol. The second-order valence-electron chi connectivity index (χ2n) is 8.61. The molecule has 2 aromatic rings. The molecule has 2 aliphatic rings. The fraction of sp³-hybridized carbons (Fsp3) is 0.346. The SMILES string of the molecule is O=C(N[C@@H]1C=CC[C@@H](C(=O)NCCC(O)C(=O)O)C1)OCC1c2ccccc2-c2ccccc21. The number of benzene rings is 2. The number of carbonyl (C=O) groups is 3. The van der Waals surface area contributed by atoms with E-state index in [1.54, 1.807) is 0 Å². The average Bonchev–Trinajstić information content (AvgIpc) is 3.16. The minimum Gasteiger partial charge on any atom is -0.479 e. The fourth-order valence-electron chi connectivity index (χ4n) is 4.60. The maximum Gasteiger partial charge on any atom is 0.407 e. The summed E-state index contributed by atoms with van der Waals surface area (Å²) in [6.07, 6.45) is 2.51. The highest BCUT2D eigenvalue weighted by molar-refractivity contribution is 5.80. The smallest absolute Gasteiger partial charge is 0.407 e. The number of aliphatic hydroxyl groups is 1. The number of carbonyl (C=O) groups excluding carboxylic acids is 2. The van der Waals surface area contributed by atoms with Crippen LogP contribution in [0.4, 0.5) is 4.79 Å². The van der Waals surface area contributed by atoms with Crippen LogP contribution in [-0.4, -0.2) is 53.5 Å².